The average molecular weight is 262 g/mol. The number of urea groups is 1. The molecular formula is C11H22N2O5. The van der Waals surface area contributed by atoms with Crippen LogP contribution in [0, 0.1) is 0 Å². The van der Waals surface area contributed by atoms with E-state index in [1.165, 1.54) is 0 Å². The topological polar surface area (TPSA) is 108 Å². The molecule has 0 aliphatic rings. The van der Waals surface area contributed by atoms with Crippen LogP contribution < -0.4 is 10.6 Å². The standard InChI is InChI=1S/C11H22N2O5/c1-18-8-4-2-3-6-12-11(17)13-7-5-9(14)10(15)16/h9,14H,2-8H2,1H3,(H,15,16)(H2,12,13,17)/t9-/m0/s1. The Morgan fingerprint density at radius 2 is 1.83 bits per heavy atom. The SMILES string of the molecule is COCCCCCNC(=O)NCC[C@H](O)C(=O)O. The second-order valence-electron chi connectivity index (χ2n) is 3.88. The summed E-state index contributed by atoms with van der Waals surface area (Å²) in [6.45, 7) is 1.42. The molecule has 7 nitrogen and oxygen atoms in total. The fourth-order valence-corrected chi connectivity index (χ4v) is 1.26. The van der Waals surface area contributed by atoms with Crippen LogP contribution in [0.15, 0.2) is 0 Å². The average Bonchev–Trinajstić information content (AvgIpc) is 2.33. The summed E-state index contributed by atoms with van der Waals surface area (Å²) in [5.74, 6) is -1.28. The molecule has 7 heteroatoms. The van der Waals surface area contributed by atoms with Crippen molar-refractivity contribution >= 4 is 12.0 Å². The molecule has 1 atom stereocenters. The lowest BCUT2D eigenvalue weighted by Crippen LogP contribution is -2.38. The van der Waals surface area contributed by atoms with Crippen LogP contribution >= 0.6 is 0 Å². The highest BCUT2D eigenvalue weighted by Crippen LogP contribution is 1.93. The van der Waals surface area contributed by atoms with Gasteiger partial charge in [0, 0.05) is 33.2 Å². The van der Waals surface area contributed by atoms with Crippen LogP contribution in [0.25, 0.3) is 0 Å². The van der Waals surface area contributed by atoms with E-state index in [-0.39, 0.29) is 19.0 Å². The van der Waals surface area contributed by atoms with Crippen LogP contribution in [0.4, 0.5) is 4.79 Å². The van der Waals surface area contributed by atoms with Crippen molar-refractivity contribution in [3.63, 3.8) is 0 Å². The van der Waals surface area contributed by atoms with E-state index in [1.807, 2.05) is 0 Å². The van der Waals surface area contributed by atoms with Crippen LogP contribution in [-0.2, 0) is 9.53 Å². The number of carbonyl (C=O) groups is 2. The molecule has 0 aromatic carbocycles. The Morgan fingerprint density at radius 1 is 1.17 bits per heavy atom. The molecule has 0 bridgehead atoms. The van der Waals surface area contributed by atoms with Crippen molar-refractivity contribution in [1.29, 1.82) is 0 Å². The molecule has 0 radical (unpaired) electrons. The first kappa shape index (κ1) is 16.7. The second-order valence-corrected chi connectivity index (χ2v) is 3.88. The lowest BCUT2D eigenvalue weighted by molar-refractivity contribution is -0.146. The third kappa shape index (κ3) is 9.86. The number of aliphatic hydroxyl groups is 1. The minimum absolute atomic E-state index is 0.00338. The summed E-state index contributed by atoms with van der Waals surface area (Å²) >= 11 is 0. The van der Waals surface area contributed by atoms with Crippen molar-refractivity contribution in [3.05, 3.63) is 0 Å². The van der Waals surface area contributed by atoms with Crippen LogP contribution in [0.3, 0.4) is 0 Å². The van der Waals surface area contributed by atoms with E-state index in [0.29, 0.717) is 6.54 Å². The van der Waals surface area contributed by atoms with Gasteiger partial charge in [0.2, 0.25) is 0 Å². The van der Waals surface area contributed by atoms with Gasteiger partial charge in [0.05, 0.1) is 0 Å². The fraction of sp³-hybridized carbons (Fsp3) is 0.818. The molecule has 18 heavy (non-hydrogen) atoms. The zero-order valence-electron chi connectivity index (χ0n) is 10.6. The van der Waals surface area contributed by atoms with E-state index >= 15 is 0 Å². The van der Waals surface area contributed by atoms with Crippen molar-refractivity contribution in [2.75, 3.05) is 26.8 Å². The van der Waals surface area contributed by atoms with Crippen molar-refractivity contribution in [1.82, 2.24) is 10.6 Å². The highest BCUT2D eigenvalue weighted by Gasteiger charge is 2.12. The number of ether oxygens (including phenoxy) is 1. The molecule has 0 spiro atoms. The van der Waals surface area contributed by atoms with Gasteiger partial charge >= 0.3 is 12.0 Å². The third-order valence-electron chi connectivity index (χ3n) is 2.30. The van der Waals surface area contributed by atoms with Crippen molar-refractivity contribution in [2.45, 2.75) is 31.8 Å². The van der Waals surface area contributed by atoms with Crippen LogP contribution in [-0.4, -0.2) is 55.1 Å². The molecule has 0 heterocycles. The van der Waals surface area contributed by atoms with E-state index in [9.17, 15) is 9.59 Å². The van der Waals surface area contributed by atoms with Crippen molar-refractivity contribution in [3.8, 4) is 0 Å². The highest BCUT2D eigenvalue weighted by atomic mass is 16.5. The summed E-state index contributed by atoms with van der Waals surface area (Å²) < 4.78 is 4.89. The smallest absolute Gasteiger partial charge is 0.332 e. The van der Waals surface area contributed by atoms with E-state index in [4.69, 9.17) is 14.9 Å². The van der Waals surface area contributed by atoms with Gasteiger partial charge in [0.1, 0.15) is 0 Å². The quantitative estimate of drug-likeness (QED) is 0.412. The molecule has 0 fully saturated rings. The Bertz CT molecular complexity index is 248. The number of carboxylic acids is 1. The molecule has 0 unspecified atom stereocenters. The van der Waals surface area contributed by atoms with Crippen LogP contribution in [0.2, 0.25) is 0 Å². The largest absolute Gasteiger partial charge is 0.479 e. The summed E-state index contributed by atoms with van der Waals surface area (Å²) in [4.78, 5) is 21.5. The molecule has 0 aliphatic heterocycles. The maximum Gasteiger partial charge on any atom is 0.332 e. The van der Waals surface area contributed by atoms with E-state index < -0.39 is 12.1 Å². The number of unbranched alkanes of at least 4 members (excludes halogenated alkanes) is 2. The van der Waals surface area contributed by atoms with Gasteiger partial charge in [-0.05, 0) is 19.3 Å². The maximum absolute atomic E-state index is 11.2. The molecule has 0 aliphatic carbocycles. The number of aliphatic carboxylic acids is 1. The normalized spacial score (nSPS) is 11.9. The Kier molecular flexibility index (Phi) is 9.99. The molecule has 0 rings (SSSR count). The van der Waals surface area contributed by atoms with E-state index in [2.05, 4.69) is 10.6 Å². The van der Waals surface area contributed by atoms with Gasteiger partial charge in [-0.3, -0.25) is 0 Å². The molecule has 0 saturated carbocycles. The lowest BCUT2D eigenvalue weighted by atomic mass is 10.2. The van der Waals surface area contributed by atoms with Gasteiger partial charge < -0.3 is 25.6 Å². The first-order valence-corrected chi connectivity index (χ1v) is 5.99. The van der Waals surface area contributed by atoms with E-state index in [0.717, 1.165) is 25.9 Å². The molecule has 2 amide bonds. The van der Waals surface area contributed by atoms with Gasteiger partial charge in [-0.15, -0.1) is 0 Å². The number of carbonyl (C=O) groups excluding carboxylic acids is 1. The summed E-state index contributed by atoms with van der Waals surface area (Å²) in [5, 5.41) is 22.5. The Balaban J connectivity index is 3.35. The number of amides is 2. The van der Waals surface area contributed by atoms with E-state index in [1.54, 1.807) is 7.11 Å². The number of methoxy groups -OCH3 is 1. The summed E-state index contributed by atoms with van der Waals surface area (Å²) in [6, 6.07) is -0.348. The monoisotopic (exact) mass is 262 g/mol. The number of aliphatic hydroxyl groups excluding tert-OH is 1. The number of nitrogens with one attached hydrogen (secondary N) is 2. The molecule has 4 N–H and O–H groups in total. The van der Waals surface area contributed by atoms with Crippen molar-refractivity contribution in [2.24, 2.45) is 0 Å². The number of rotatable bonds is 10. The molecule has 0 saturated heterocycles. The second kappa shape index (κ2) is 10.8. The van der Waals surface area contributed by atoms with Gasteiger partial charge in [-0.1, -0.05) is 0 Å². The number of hydrogen-bond acceptors (Lipinski definition) is 4. The minimum atomic E-state index is -1.43. The molecule has 106 valence electrons. The fourth-order valence-electron chi connectivity index (χ4n) is 1.26. The molecule has 0 aromatic heterocycles. The minimum Gasteiger partial charge on any atom is -0.479 e. The van der Waals surface area contributed by atoms with Gasteiger partial charge in [-0.2, -0.15) is 0 Å². The molecular weight excluding hydrogens is 240 g/mol. The first-order chi connectivity index (χ1) is 8.57. The maximum atomic E-state index is 11.2. The first-order valence-electron chi connectivity index (χ1n) is 5.99. The summed E-state index contributed by atoms with van der Waals surface area (Å²) in [5.41, 5.74) is 0. The number of carboxylic acid groups (broad SMARTS) is 1. The zero-order valence-corrected chi connectivity index (χ0v) is 10.6. The van der Waals surface area contributed by atoms with Gasteiger partial charge in [0.15, 0.2) is 6.10 Å². The predicted molar refractivity (Wildman–Crippen MR) is 65.4 cm³/mol. The zero-order chi connectivity index (χ0) is 13.8. The Hall–Kier alpha value is -1.34. The summed E-state index contributed by atoms with van der Waals surface area (Å²) in [7, 11) is 1.65. The Labute approximate surface area is 107 Å². The third-order valence-corrected chi connectivity index (χ3v) is 2.30. The summed E-state index contributed by atoms with van der Waals surface area (Å²) in [6.07, 6.45) is 1.38. The van der Waals surface area contributed by atoms with Crippen LogP contribution in [0.1, 0.15) is 25.7 Å². The van der Waals surface area contributed by atoms with Gasteiger partial charge in [0.25, 0.3) is 0 Å². The Morgan fingerprint density at radius 3 is 2.44 bits per heavy atom. The van der Waals surface area contributed by atoms with Crippen LogP contribution in [0.5, 0.6) is 0 Å². The lowest BCUT2D eigenvalue weighted by Gasteiger charge is -2.08. The highest BCUT2D eigenvalue weighted by molar-refractivity contribution is 5.74. The predicted octanol–water partition coefficient (Wildman–Crippen LogP) is -0.0621. The number of hydrogen-bond donors (Lipinski definition) is 4. The van der Waals surface area contributed by atoms with Gasteiger partial charge in [-0.25, -0.2) is 9.59 Å². The molecule has 0 aromatic rings. The van der Waals surface area contributed by atoms with Crippen molar-refractivity contribution < 1.29 is 24.5 Å².